The minimum Gasteiger partial charge on any atom is -0.410 e. The molecule has 164 valence electrons. The third-order valence-corrected chi connectivity index (χ3v) is 13.9. The van der Waals surface area contributed by atoms with Crippen molar-refractivity contribution in [1.82, 2.24) is 0 Å². The number of hydrogen-bond donors (Lipinski definition) is 1. The summed E-state index contributed by atoms with van der Waals surface area (Å²) in [5.41, 5.74) is 1.81. The molecule has 1 fully saturated rings. The van der Waals surface area contributed by atoms with Gasteiger partial charge in [0.15, 0.2) is 0 Å². The summed E-state index contributed by atoms with van der Waals surface area (Å²) in [6.45, 7) is 13.7. The Labute approximate surface area is 176 Å². The molecule has 1 heterocycles. The normalized spacial score (nSPS) is 31.1. The molecule has 1 aliphatic heterocycles. The minimum atomic E-state index is -2.18. The third kappa shape index (κ3) is 3.88. The Morgan fingerprint density at radius 1 is 0.966 bits per heavy atom. The van der Waals surface area contributed by atoms with E-state index in [0.717, 1.165) is 25.7 Å². The summed E-state index contributed by atoms with van der Waals surface area (Å²) >= 11 is 0. The lowest BCUT2D eigenvalue weighted by atomic mass is 9.68. The lowest BCUT2D eigenvalue weighted by molar-refractivity contribution is -0.151. The summed E-state index contributed by atoms with van der Waals surface area (Å²) in [6, 6.07) is 0. The van der Waals surface area contributed by atoms with E-state index in [1.807, 2.05) is 0 Å². The number of fused-ring (bicyclic) bond motifs is 1. The van der Waals surface area contributed by atoms with Gasteiger partial charge in [-0.15, -0.1) is 0 Å². The van der Waals surface area contributed by atoms with Gasteiger partial charge in [-0.1, -0.05) is 54.4 Å². The average Bonchev–Trinajstić information content (AvgIpc) is 2.85. The molecule has 29 heavy (non-hydrogen) atoms. The predicted molar refractivity (Wildman–Crippen MR) is 115 cm³/mol. The van der Waals surface area contributed by atoms with Crippen LogP contribution in [0.5, 0.6) is 0 Å². The topological polar surface area (TPSA) is 72.8 Å². The number of carbonyl (C=O) groups is 2. The van der Waals surface area contributed by atoms with Crippen molar-refractivity contribution in [3.63, 3.8) is 0 Å². The van der Waals surface area contributed by atoms with Crippen molar-refractivity contribution in [2.75, 3.05) is 0 Å². The number of cyclic esters (lactones) is 2. The van der Waals surface area contributed by atoms with E-state index < -0.39 is 32.0 Å². The van der Waals surface area contributed by atoms with Crippen LogP contribution in [0.1, 0.15) is 86.5 Å². The Morgan fingerprint density at radius 2 is 1.52 bits per heavy atom. The van der Waals surface area contributed by atoms with Crippen molar-refractivity contribution in [1.29, 1.82) is 0 Å². The molecule has 0 radical (unpaired) electrons. The standard InChI is InChI=1S/C23H38O5Si/c1-14(2)29(15(3)4,16(5)6)28-23-10-8-7-9-17(23)11-19-20(12-18(24)13-23)22(26)27-21(19)25/h14-18,24H,7-13H2,1-6H3. The van der Waals surface area contributed by atoms with E-state index in [-0.39, 0.29) is 12.3 Å². The first kappa shape index (κ1) is 22.7. The summed E-state index contributed by atoms with van der Waals surface area (Å²) in [6.07, 6.45) is 4.62. The molecule has 3 aliphatic rings. The predicted octanol–water partition coefficient (Wildman–Crippen LogP) is 5.03. The largest absolute Gasteiger partial charge is 0.410 e. The van der Waals surface area contributed by atoms with Gasteiger partial charge < -0.3 is 14.3 Å². The van der Waals surface area contributed by atoms with Crippen molar-refractivity contribution in [2.24, 2.45) is 5.92 Å². The van der Waals surface area contributed by atoms with Crippen LogP contribution < -0.4 is 0 Å². The lowest BCUT2D eigenvalue weighted by Crippen LogP contribution is -2.59. The maximum Gasteiger partial charge on any atom is 0.342 e. The van der Waals surface area contributed by atoms with Crippen LogP contribution in [-0.2, 0) is 18.8 Å². The zero-order valence-electron chi connectivity index (χ0n) is 18.9. The van der Waals surface area contributed by atoms with Crippen molar-refractivity contribution in [2.45, 2.75) is 115 Å². The fraction of sp³-hybridized carbons (Fsp3) is 0.826. The molecule has 0 spiro atoms. The lowest BCUT2D eigenvalue weighted by Gasteiger charge is -2.55. The molecule has 3 rings (SSSR count). The van der Waals surface area contributed by atoms with Crippen LogP contribution in [-0.4, -0.2) is 37.1 Å². The molecule has 0 saturated heterocycles. The Hall–Kier alpha value is -0.983. The molecule has 1 saturated carbocycles. The maximum absolute atomic E-state index is 12.4. The van der Waals surface area contributed by atoms with Crippen LogP contribution in [0.3, 0.4) is 0 Å². The van der Waals surface area contributed by atoms with Crippen LogP contribution in [0.2, 0.25) is 16.6 Å². The van der Waals surface area contributed by atoms with Crippen LogP contribution in [0.15, 0.2) is 11.1 Å². The number of hydrogen-bond acceptors (Lipinski definition) is 5. The Morgan fingerprint density at radius 3 is 2.07 bits per heavy atom. The van der Waals surface area contributed by atoms with Gasteiger partial charge in [0.2, 0.25) is 8.32 Å². The molecule has 0 aromatic carbocycles. The van der Waals surface area contributed by atoms with Crippen LogP contribution in [0.4, 0.5) is 0 Å². The molecule has 0 aromatic rings. The summed E-state index contributed by atoms with van der Waals surface area (Å²) in [5, 5.41) is 11.0. The van der Waals surface area contributed by atoms with Crippen molar-refractivity contribution in [3.8, 4) is 0 Å². The van der Waals surface area contributed by atoms with Crippen LogP contribution in [0, 0.1) is 5.92 Å². The fourth-order valence-corrected chi connectivity index (χ4v) is 12.3. The number of carbonyl (C=O) groups excluding carboxylic acids is 2. The first-order valence-corrected chi connectivity index (χ1v) is 13.5. The minimum absolute atomic E-state index is 0.137. The van der Waals surface area contributed by atoms with E-state index in [4.69, 9.17) is 9.16 Å². The molecule has 0 aromatic heterocycles. The molecule has 6 heteroatoms. The van der Waals surface area contributed by atoms with E-state index in [0.29, 0.717) is 40.6 Å². The van der Waals surface area contributed by atoms with Crippen LogP contribution in [0.25, 0.3) is 0 Å². The highest BCUT2D eigenvalue weighted by molar-refractivity contribution is 6.77. The van der Waals surface area contributed by atoms with Gasteiger partial charge in [-0.3, -0.25) is 0 Å². The fourth-order valence-electron chi connectivity index (χ4n) is 6.54. The SMILES string of the molecule is CC(C)[Si](OC12CCCCC1CC1=C(CC(O)C2)C(=O)OC1=O)(C(C)C)C(C)C. The summed E-state index contributed by atoms with van der Waals surface area (Å²) in [4.78, 5) is 24.5. The van der Waals surface area contributed by atoms with E-state index in [1.54, 1.807) is 0 Å². The van der Waals surface area contributed by atoms with Gasteiger partial charge in [0.05, 0.1) is 17.3 Å². The summed E-state index contributed by atoms with van der Waals surface area (Å²) < 4.78 is 12.3. The first-order chi connectivity index (χ1) is 13.5. The van der Waals surface area contributed by atoms with Crippen molar-refractivity contribution in [3.05, 3.63) is 11.1 Å². The highest BCUT2D eigenvalue weighted by Crippen LogP contribution is 2.53. The Kier molecular flexibility index (Phi) is 6.47. The summed E-state index contributed by atoms with van der Waals surface area (Å²) in [7, 11) is -2.18. The monoisotopic (exact) mass is 422 g/mol. The van der Waals surface area contributed by atoms with Gasteiger partial charge in [-0.05, 0) is 41.8 Å². The molecule has 5 nitrogen and oxygen atoms in total. The first-order valence-electron chi connectivity index (χ1n) is 11.4. The number of aliphatic hydroxyl groups excluding tert-OH is 1. The van der Waals surface area contributed by atoms with Gasteiger partial charge >= 0.3 is 11.9 Å². The number of esters is 2. The van der Waals surface area contributed by atoms with Crippen molar-refractivity contribution >= 4 is 20.3 Å². The van der Waals surface area contributed by atoms with E-state index in [9.17, 15) is 14.7 Å². The Balaban J connectivity index is 2.06. The second kappa shape index (κ2) is 8.27. The maximum atomic E-state index is 12.4. The van der Waals surface area contributed by atoms with Gasteiger partial charge in [0.25, 0.3) is 0 Å². The molecule has 1 N–H and O–H groups in total. The van der Waals surface area contributed by atoms with Gasteiger partial charge in [0.1, 0.15) is 0 Å². The number of aliphatic hydroxyl groups is 1. The van der Waals surface area contributed by atoms with Gasteiger partial charge in [-0.2, -0.15) is 0 Å². The van der Waals surface area contributed by atoms with E-state index in [2.05, 4.69) is 41.5 Å². The highest BCUT2D eigenvalue weighted by atomic mass is 28.4. The molecular weight excluding hydrogens is 384 g/mol. The average molecular weight is 423 g/mol. The van der Waals surface area contributed by atoms with E-state index in [1.165, 1.54) is 0 Å². The Bertz CT molecular complexity index is 674. The number of rotatable bonds is 5. The number of ether oxygens (including phenoxy) is 1. The van der Waals surface area contributed by atoms with Gasteiger partial charge in [0, 0.05) is 18.4 Å². The summed E-state index contributed by atoms with van der Waals surface area (Å²) in [5.74, 6) is -0.944. The smallest absolute Gasteiger partial charge is 0.342 e. The molecular formula is C23H38O5Si. The molecule has 3 unspecified atom stereocenters. The van der Waals surface area contributed by atoms with E-state index >= 15 is 0 Å². The second-order valence-corrected chi connectivity index (χ2v) is 15.7. The van der Waals surface area contributed by atoms with Gasteiger partial charge in [-0.25, -0.2) is 9.59 Å². The molecule has 3 atom stereocenters. The quantitative estimate of drug-likeness (QED) is 0.382. The highest BCUT2D eigenvalue weighted by Gasteiger charge is 2.55. The van der Waals surface area contributed by atoms with Crippen LogP contribution >= 0.6 is 0 Å². The third-order valence-electron chi connectivity index (χ3n) is 7.75. The molecule has 0 bridgehead atoms. The zero-order chi connectivity index (χ0) is 21.6. The molecule has 0 amide bonds. The van der Waals surface area contributed by atoms with Crippen molar-refractivity contribution < 1.29 is 23.9 Å². The zero-order valence-corrected chi connectivity index (χ0v) is 19.9. The second-order valence-electron chi connectivity index (χ2n) is 10.3. The molecule has 2 aliphatic carbocycles.